The molecule has 1 aromatic carbocycles. The SMILES string of the molecule is CCCN1C(=O)COc2cc(-c3noc(C(=O)NCc4ccco4)n3)ccc21. The molecular weight excluding hydrogens is 364 g/mol. The maximum atomic E-state index is 12.2. The molecule has 0 bridgehead atoms. The number of aromatic nitrogens is 2. The molecule has 3 aromatic rings. The molecule has 0 radical (unpaired) electrons. The van der Waals surface area contributed by atoms with E-state index in [1.807, 2.05) is 6.92 Å². The lowest BCUT2D eigenvalue weighted by Crippen LogP contribution is -2.39. The number of amides is 2. The van der Waals surface area contributed by atoms with Crippen LogP contribution < -0.4 is 15.0 Å². The highest BCUT2D eigenvalue weighted by Gasteiger charge is 2.26. The van der Waals surface area contributed by atoms with Gasteiger partial charge in [-0.15, -0.1) is 0 Å². The summed E-state index contributed by atoms with van der Waals surface area (Å²) in [7, 11) is 0. The third kappa shape index (κ3) is 3.46. The van der Waals surface area contributed by atoms with Gasteiger partial charge >= 0.3 is 11.8 Å². The number of hydrogen-bond acceptors (Lipinski definition) is 7. The van der Waals surface area contributed by atoms with Crippen molar-refractivity contribution in [2.75, 3.05) is 18.1 Å². The summed E-state index contributed by atoms with van der Waals surface area (Å²) in [6.45, 7) is 2.84. The van der Waals surface area contributed by atoms with E-state index in [-0.39, 0.29) is 30.8 Å². The van der Waals surface area contributed by atoms with E-state index in [9.17, 15) is 9.59 Å². The van der Waals surface area contributed by atoms with Gasteiger partial charge in [-0.05, 0) is 36.8 Å². The van der Waals surface area contributed by atoms with Crippen LogP contribution in [0.2, 0.25) is 0 Å². The molecule has 0 unspecified atom stereocenters. The Morgan fingerprint density at radius 2 is 2.21 bits per heavy atom. The van der Waals surface area contributed by atoms with Gasteiger partial charge in [-0.3, -0.25) is 9.59 Å². The number of hydrogen-bond donors (Lipinski definition) is 1. The fourth-order valence-corrected chi connectivity index (χ4v) is 2.90. The minimum Gasteiger partial charge on any atom is -0.482 e. The lowest BCUT2D eigenvalue weighted by Gasteiger charge is -2.29. The Kier molecular flexibility index (Phi) is 4.79. The highest BCUT2D eigenvalue weighted by atomic mass is 16.5. The van der Waals surface area contributed by atoms with E-state index in [4.69, 9.17) is 13.7 Å². The first-order chi connectivity index (χ1) is 13.7. The van der Waals surface area contributed by atoms with Gasteiger partial charge in [0.15, 0.2) is 6.61 Å². The number of carbonyl (C=O) groups is 2. The van der Waals surface area contributed by atoms with Crippen LogP contribution in [0.4, 0.5) is 5.69 Å². The molecule has 0 aliphatic carbocycles. The van der Waals surface area contributed by atoms with E-state index in [1.54, 1.807) is 35.2 Å². The van der Waals surface area contributed by atoms with Crippen molar-refractivity contribution in [2.45, 2.75) is 19.9 Å². The molecule has 0 saturated heterocycles. The van der Waals surface area contributed by atoms with E-state index in [0.29, 0.717) is 29.3 Å². The normalized spacial score (nSPS) is 13.2. The largest absolute Gasteiger partial charge is 0.482 e. The third-order valence-electron chi connectivity index (χ3n) is 4.23. The van der Waals surface area contributed by atoms with Crippen molar-refractivity contribution in [1.82, 2.24) is 15.5 Å². The van der Waals surface area contributed by atoms with E-state index in [1.165, 1.54) is 6.26 Å². The Balaban J connectivity index is 1.51. The molecule has 28 heavy (non-hydrogen) atoms. The minimum atomic E-state index is -0.496. The van der Waals surface area contributed by atoms with Crippen molar-refractivity contribution in [3.05, 3.63) is 48.2 Å². The van der Waals surface area contributed by atoms with Crippen LogP contribution in [0.3, 0.4) is 0 Å². The van der Waals surface area contributed by atoms with Crippen LogP contribution in [0, 0.1) is 0 Å². The molecule has 1 aliphatic heterocycles. The van der Waals surface area contributed by atoms with E-state index >= 15 is 0 Å². The van der Waals surface area contributed by atoms with Gasteiger partial charge in [0, 0.05) is 12.1 Å². The van der Waals surface area contributed by atoms with E-state index in [0.717, 1.165) is 6.42 Å². The van der Waals surface area contributed by atoms with E-state index in [2.05, 4.69) is 15.5 Å². The zero-order valence-electron chi connectivity index (χ0n) is 15.2. The van der Waals surface area contributed by atoms with Crippen LogP contribution >= 0.6 is 0 Å². The van der Waals surface area contributed by atoms with Gasteiger partial charge in [-0.25, -0.2) is 0 Å². The Morgan fingerprint density at radius 3 is 3.00 bits per heavy atom. The van der Waals surface area contributed by atoms with Crippen LogP contribution in [0.1, 0.15) is 29.8 Å². The quantitative estimate of drug-likeness (QED) is 0.697. The first-order valence-electron chi connectivity index (χ1n) is 8.87. The Morgan fingerprint density at radius 1 is 1.32 bits per heavy atom. The first-order valence-corrected chi connectivity index (χ1v) is 8.87. The first kappa shape index (κ1) is 17.8. The van der Waals surface area contributed by atoms with Crippen molar-refractivity contribution in [2.24, 2.45) is 0 Å². The summed E-state index contributed by atoms with van der Waals surface area (Å²) < 4.78 is 15.8. The van der Waals surface area contributed by atoms with Crippen LogP contribution in [-0.2, 0) is 11.3 Å². The van der Waals surface area contributed by atoms with Crippen LogP contribution in [0.25, 0.3) is 11.4 Å². The summed E-state index contributed by atoms with van der Waals surface area (Å²) in [4.78, 5) is 30.0. The number of rotatable bonds is 6. The maximum Gasteiger partial charge on any atom is 0.316 e. The molecule has 9 nitrogen and oxygen atoms in total. The summed E-state index contributed by atoms with van der Waals surface area (Å²) in [5.74, 6) is 0.725. The number of benzene rings is 1. The van der Waals surface area contributed by atoms with Gasteiger partial charge in [0.25, 0.3) is 5.91 Å². The molecule has 4 rings (SSSR count). The Bertz CT molecular complexity index is 996. The molecule has 9 heteroatoms. The number of nitrogens with zero attached hydrogens (tertiary/aromatic N) is 3. The molecule has 144 valence electrons. The van der Waals surface area contributed by atoms with Gasteiger partial charge in [0.2, 0.25) is 5.82 Å². The highest BCUT2D eigenvalue weighted by Crippen LogP contribution is 2.35. The number of furan rings is 1. The molecule has 0 spiro atoms. The van der Waals surface area contributed by atoms with Gasteiger partial charge in [0.05, 0.1) is 18.5 Å². The minimum absolute atomic E-state index is 0.0108. The van der Waals surface area contributed by atoms with Gasteiger partial charge in [0.1, 0.15) is 11.5 Å². The van der Waals surface area contributed by atoms with Crippen LogP contribution in [-0.4, -0.2) is 35.1 Å². The molecule has 2 aromatic heterocycles. The van der Waals surface area contributed by atoms with Crippen molar-refractivity contribution < 1.29 is 23.3 Å². The Labute approximate surface area is 160 Å². The second kappa shape index (κ2) is 7.55. The lowest BCUT2D eigenvalue weighted by atomic mass is 10.1. The van der Waals surface area contributed by atoms with Crippen molar-refractivity contribution in [3.8, 4) is 17.1 Å². The van der Waals surface area contributed by atoms with Gasteiger partial charge in [-0.1, -0.05) is 12.1 Å². The maximum absolute atomic E-state index is 12.2. The highest BCUT2D eigenvalue weighted by molar-refractivity contribution is 5.98. The van der Waals surface area contributed by atoms with Crippen molar-refractivity contribution in [3.63, 3.8) is 0 Å². The van der Waals surface area contributed by atoms with Gasteiger partial charge < -0.3 is 23.9 Å². The third-order valence-corrected chi connectivity index (χ3v) is 4.23. The molecule has 1 aliphatic rings. The Hall–Kier alpha value is -3.62. The van der Waals surface area contributed by atoms with Crippen LogP contribution in [0.5, 0.6) is 5.75 Å². The number of nitrogens with one attached hydrogen (secondary N) is 1. The van der Waals surface area contributed by atoms with Gasteiger partial charge in [-0.2, -0.15) is 4.98 Å². The number of carbonyl (C=O) groups excluding carboxylic acids is 2. The fourth-order valence-electron chi connectivity index (χ4n) is 2.90. The number of ether oxygens (including phenoxy) is 1. The van der Waals surface area contributed by atoms with Crippen molar-refractivity contribution >= 4 is 17.5 Å². The predicted molar refractivity (Wildman–Crippen MR) is 97.8 cm³/mol. The molecule has 0 fully saturated rings. The molecule has 0 atom stereocenters. The zero-order chi connectivity index (χ0) is 19.5. The summed E-state index contributed by atoms with van der Waals surface area (Å²) in [6, 6.07) is 8.77. The summed E-state index contributed by atoms with van der Waals surface area (Å²) in [6.07, 6.45) is 2.37. The lowest BCUT2D eigenvalue weighted by molar-refractivity contribution is -0.121. The fraction of sp³-hybridized carbons (Fsp3) is 0.263. The predicted octanol–water partition coefficient (Wildman–Crippen LogP) is 2.40. The average Bonchev–Trinajstić information content (AvgIpc) is 3.40. The molecular formula is C19H18N4O5. The monoisotopic (exact) mass is 382 g/mol. The number of anilines is 1. The average molecular weight is 382 g/mol. The molecule has 2 amide bonds. The summed E-state index contributed by atoms with van der Waals surface area (Å²) in [5, 5.41) is 6.51. The molecule has 1 N–H and O–H groups in total. The molecule has 3 heterocycles. The molecule has 0 saturated carbocycles. The summed E-state index contributed by atoms with van der Waals surface area (Å²) >= 11 is 0. The van der Waals surface area contributed by atoms with E-state index < -0.39 is 5.91 Å². The standard InChI is InChI=1S/C19H18N4O5/c1-2-7-23-14-6-5-12(9-15(14)27-11-16(23)24)17-21-19(28-22-17)18(25)20-10-13-4-3-8-26-13/h3-6,8-9H,2,7,10-11H2,1H3,(H,20,25). The number of fused-ring (bicyclic) bond motifs is 1. The smallest absolute Gasteiger partial charge is 0.316 e. The summed E-state index contributed by atoms with van der Waals surface area (Å²) in [5.41, 5.74) is 1.33. The zero-order valence-corrected chi connectivity index (χ0v) is 15.2. The second-order valence-electron chi connectivity index (χ2n) is 6.20. The van der Waals surface area contributed by atoms with Crippen molar-refractivity contribution in [1.29, 1.82) is 0 Å². The van der Waals surface area contributed by atoms with Crippen LogP contribution in [0.15, 0.2) is 45.5 Å². The topological polar surface area (TPSA) is 111 Å². The second-order valence-corrected chi connectivity index (χ2v) is 6.20.